The minimum atomic E-state index is -0.290. The average Bonchev–Trinajstić information content (AvgIpc) is 2.52. The lowest BCUT2D eigenvalue weighted by atomic mass is 9.95. The molecule has 0 bridgehead atoms. The van der Waals surface area contributed by atoms with Gasteiger partial charge in [0.05, 0.1) is 6.61 Å². The minimum Gasteiger partial charge on any atom is -0.494 e. The van der Waals surface area contributed by atoms with Gasteiger partial charge in [0.25, 0.3) is 5.91 Å². The maximum atomic E-state index is 11.3. The highest BCUT2D eigenvalue weighted by atomic mass is 16.5. The van der Waals surface area contributed by atoms with Gasteiger partial charge in [0.1, 0.15) is 5.75 Å². The summed E-state index contributed by atoms with van der Waals surface area (Å²) in [5.74, 6) is 6.37. The fourth-order valence-corrected chi connectivity index (χ4v) is 2.52. The van der Waals surface area contributed by atoms with E-state index in [1.54, 1.807) is 24.3 Å². The van der Waals surface area contributed by atoms with Crippen LogP contribution in [0.25, 0.3) is 0 Å². The molecule has 1 amide bonds. The average molecular weight is 277 g/mol. The molecule has 0 radical (unpaired) electrons. The topological polar surface area (TPSA) is 76.4 Å². The van der Waals surface area contributed by atoms with Crippen molar-refractivity contribution in [3.8, 4) is 5.75 Å². The Kier molecular flexibility index (Phi) is 5.83. The van der Waals surface area contributed by atoms with Gasteiger partial charge < -0.3 is 10.1 Å². The van der Waals surface area contributed by atoms with Crippen molar-refractivity contribution in [3.63, 3.8) is 0 Å². The van der Waals surface area contributed by atoms with E-state index in [9.17, 15) is 4.79 Å². The van der Waals surface area contributed by atoms with Gasteiger partial charge in [-0.2, -0.15) is 0 Å². The van der Waals surface area contributed by atoms with Crippen molar-refractivity contribution >= 4 is 5.91 Å². The van der Waals surface area contributed by atoms with Gasteiger partial charge in [-0.1, -0.05) is 0 Å². The van der Waals surface area contributed by atoms with Gasteiger partial charge in [-0.3, -0.25) is 10.2 Å². The Morgan fingerprint density at radius 2 is 2.20 bits per heavy atom. The summed E-state index contributed by atoms with van der Waals surface area (Å²) in [6.07, 6.45) is 4.89. The van der Waals surface area contributed by atoms with E-state index in [2.05, 4.69) is 10.7 Å². The molecule has 1 unspecified atom stereocenters. The monoisotopic (exact) mass is 277 g/mol. The highest BCUT2D eigenvalue weighted by Crippen LogP contribution is 2.17. The van der Waals surface area contributed by atoms with Crippen molar-refractivity contribution in [2.24, 2.45) is 11.8 Å². The molecule has 1 aromatic rings. The Morgan fingerprint density at radius 1 is 1.40 bits per heavy atom. The number of ether oxygens (including phenoxy) is 1. The molecule has 2 rings (SSSR count). The van der Waals surface area contributed by atoms with E-state index in [0.29, 0.717) is 5.56 Å². The van der Waals surface area contributed by atoms with E-state index in [-0.39, 0.29) is 5.91 Å². The van der Waals surface area contributed by atoms with Crippen LogP contribution in [0.3, 0.4) is 0 Å². The lowest BCUT2D eigenvalue weighted by Gasteiger charge is -2.22. The van der Waals surface area contributed by atoms with Gasteiger partial charge in [-0.25, -0.2) is 5.84 Å². The number of nitrogens with one attached hydrogen (secondary N) is 2. The molecule has 5 heteroatoms. The maximum Gasteiger partial charge on any atom is 0.265 e. The Balaban J connectivity index is 1.67. The van der Waals surface area contributed by atoms with Crippen LogP contribution in [0.2, 0.25) is 0 Å². The van der Waals surface area contributed by atoms with Gasteiger partial charge in [-0.15, -0.1) is 0 Å². The van der Waals surface area contributed by atoms with Gasteiger partial charge in [0, 0.05) is 5.56 Å². The number of rotatable bonds is 6. The van der Waals surface area contributed by atoms with Crippen LogP contribution in [0, 0.1) is 5.92 Å². The smallest absolute Gasteiger partial charge is 0.265 e. The molecule has 1 atom stereocenters. The lowest BCUT2D eigenvalue weighted by molar-refractivity contribution is 0.0953. The van der Waals surface area contributed by atoms with E-state index in [1.165, 1.54) is 19.3 Å². The lowest BCUT2D eigenvalue weighted by Crippen LogP contribution is -2.30. The zero-order chi connectivity index (χ0) is 14.2. The number of hydrogen-bond acceptors (Lipinski definition) is 4. The first-order valence-corrected chi connectivity index (χ1v) is 7.24. The third kappa shape index (κ3) is 4.51. The van der Waals surface area contributed by atoms with Crippen LogP contribution in [-0.2, 0) is 0 Å². The second kappa shape index (κ2) is 7.87. The van der Waals surface area contributed by atoms with E-state index in [1.807, 2.05) is 0 Å². The number of hydrogen-bond donors (Lipinski definition) is 3. The molecule has 1 aliphatic heterocycles. The van der Waals surface area contributed by atoms with E-state index < -0.39 is 0 Å². The Bertz CT molecular complexity index is 414. The van der Waals surface area contributed by atoms with Crippen LogP contribution < -0.4 is 21.3 Å². The first-order chi connectivity index (χ1) is 9.79. The van der Waals surface area contributed by atoms with Crippen molar-refractivity contribution in [1.82, 2.24) is 10.7 Å². The molecule has 4 N–H and O–H groups in total. The molecular formula is C15H23N3O2. The second-order valence-electron chi connectivity index (χ2n) is 5.20. The number of piperidine rings is 1. The Hall–Kier alpha value is -1.59. The number of amides is 1. The summed E-state index contributed by atoms with van der Waals surface area (Å²) < 4.78 is 5.68. The van der Waals surface area contributed by atoms with Crippen LogP contribution in [0.15, 0.2) is 24.3 Å². The fourth-order valence-electron chi connectivity index (χ4n) is 2.52. The third-order valence-electron chi connectivity index (χ3n) is 3.67. The molecule has 1 saturated heterocycles. The zero-order valence-corrected chi connectivity index (χ0v) is 11.7. The van der Waals surface area contributed by atoms with E-state index in [4.69, 9.17) is 10.6 Å². The van der Waals surface area contributed by atoms with Crippen molar-refractivity contribution in [1.29, 1.82) is 0 Å². The largest absolute Gasteiger partial charge is 0.494 e. The van der Waals surface area contributed by atoms with Crippen LogP contribution in [0.4, 0.5) is 0 Å². The molecule has 1 aliphatic rings. The van der Waals surface area contributed by atoms with Gasteiger partial charge in [0.2, 0.25) is 0 Å². The highest BCUT2D eigenvalue weighted by molar-refractivity contribution is 5.93. The molecule has 0 saturated carbocycles. The summed E-state index contributed by atoms with van der Waals surface area (Å²) in [6, 6.07) is 7.02. The van der Waals surface area contributed by atoms with E-state index >= 15 is 0 Å². The number of nitrogen functional groups attached to an aromatic ring is 1. The molecule has 5 nitrogen and oxygen atoms in total. The molecule has 110 valence electrons. The number of carbonyl (C=O) groups excluding carboxylic acids is 1. The van der Waals surface area contributed by atoms with Crippen molar-refractivity contribution in [3.05, 3.63) is 29.8 Å². The molecular weight excluding hydrogens is 254 g/mol. The van der Waals surface area contributed by atoms with Gasteiger partial charge in [0.15, 0.2) is 0 Å². The quantitative estimate of drug-likeness (QED) is 0.318. The molecule has 0 aliphatic carbocycles. The van der Waals surface area contributed by atoms with Crippen molar-refractivity contribution in [2.75, 3.05) is 19.7 Å². The molecule has 1 aromatic carbocycles. The Labute approximate surface area is 119 Å². The minimum absolute atomic E-state index is 0.290. The number of benzene rings is 1. The number of carbonyl (C=O) groups is 1. The summed E-state index contributed by atoms with van der Waals surface area (Å²) >= 11 is 0. The summed E-state index contributed by atoms with van der Waals surface area (Å²) in [5.41, 5.74) is 2.64. The first-order valence-electron chi connectivity index (χ1n) is 7.24. The Morgan fingerprint density at radius 3 is 2.85 bits per heavy atom. The summed E-state index contributed by atoms with van der Waals surface area (Å²) in [4.78, 5) is 11.3. The van der Waals surface area contributed by atoms with Gasteiger partial charge in [-0.05, 0) is 69.0 Å². The molecule has 0 aromatic heterocycles. The molecule has 1 fully saturated rings. The van der Waals surface area contributed by atoms with Crippen LogP contribution in [0.1, 0.15) is 36.0 Å². The van der Waals surface area contributed by atoms with Crippen molar-refractivity contribution in [2.45, 2.75) is 25.7 Å². The van der Waals surface area contributed by atoms with Crippen molar-refractivity contribution < 1.29 is 9.53 Å². The van der Waals surface area contributed by atoms with E-state index in [0.717, 1.165) is 37.8 Å². The fraction of sp³-hybridized carbons (Fsp3) is 0.533. The predicted molar refractivity (Wildman–Crippen MR) is 78.4 cm³/mol. The summed E-state index contributed by atoms with van der Waals surface area (Å²) in [6.45, 7) is 3.03. The standard InChI is InChI=1S/C15H23N3O2/c16-18-15(19)13-5-7-14(8-6-13)20-10-2-4-12-3-1-9-17-11-12/h5-8,12,17H,1-4,9-11,16H2,(H,18,19). The molecule has 1 heterocycles. The zero-order valence-electron chi connectivity index (χ0n) is 11.7. The van der Waals surface area contributed by atoms with Crippen LogP contribution >= 0.6 is 0 Å². The van der Waals surface area contributed by atoms with Gasteiger partial charge >= 0.3 is 0 Å². The third-order valence-corrected chi connectivity index (χ3v) is 3.67. The molecule has 20 heavy (non-hydrogen) atoms. The predicted octanol–water partition coefficient (Wildman–Crippen LogP) is 1.45. The SMILES string of the molecule is NNC(=O)c1ccc(OCCCC2CCCNC2)cc1. The first kappa shape index (κ1) is 14.8. The number of nitrogens with two attached hydrogens (primary N) is 1. The highest BCUT2D eigenvalue weighted by Gasteiger charge is 2.12. The van der Waals surface area contributed by atoms with Crippen LogP contribution in [0.5, 0.6) is 5.75 Å². The molecule has 0 spiro atoms. The normalized spacial score (nSPS) is 18.6. The van der Waals surface area contributed by atoms with Crippen LogP contribution in [-0.4, -0.2) is 25.6 Å². The number of hydrazine groups is 1. The maximum absolute atomic E-state index is 11.3. The second-order valence-corrected chi connectivity index (χ2v) is 5.20. The summed E-state index contributed by atoms with van der Waals surface area (Å²) in [7, 11) is 0. The summed E-state index contributed by atoms with van der Waals surface area (Å²) in [5, 5.41) is 3.43.